The van der Waals surface area contributed by atoms with Crippen molar-refractivity contribution in [2.45, 2.75) is 33.2 Å². The fraction of sp³-hybridized carbons (Fsp3) is 0.250. The number of hydrogen-bond acceptors (Lipinski definition) is 6. The lowest BCUT2D eigenvalue weighted by Crippen LogP contribution is -2.23. The van der Waals surface area contributed by atoms with Crippen molar-refractivity contribution in [2.24, 2.45) is 0 Å². The van der Waals surface area contributed by atoms with E-state index in [1.54, 1.807) is 19.3 Å². The summed E-state index contributed by atoms with van der Waals surface area (Å²) in [6.45, 7) is 8.04. The van der Waals surface area contributed by atoms with Crippen molar-refractivity contribution in [3.8, 4) is 22.5 Å². The van der Waals surface area contributed by atoms with Crippen molar-refractivity contribution in [3.05, 3.63) is 60.2 Å². The van der Waals surface area contributed by atoms with Crippen LogP contribution in [0.2, 0.25) is 0 Å². The van der Waals surface area contributed by atoms with E-state index in [4.69, 9.17) is 15.5 Å². The number of nitrogen functional groups attached to an aromatic ring is 1. The van der Waals surface area contributed by atoms with Gasteiger partial charge in [-0.2, -0.15) is 0 Å². The smallest absolute Gasteiger partial charge is 0.338 e. The van der Waals surface area contributed by atoms with E-state index in [1.807, 2.05) is 43.5 Å². The number of esters is 1. The molecule has 4 rings (SSSR count). The minimum atomic E-state index is -0.519. The van der Waals surface area contributed by atoms with Gasteiger partial charge in [0.05, 0.1) is 23.2 Å². The van der Waals surface area contributed by atoms with Gasteiger partial charge in [0.2, 0.25) is 5.95 Å². The Balaban J connectivity index is 1.97. The first-order chi connectivity index (χ1) is 15.2. The maximum atomic E-state index is 14.3. The van der Waals surface area contributed by atoms with E-state index in [2.05, 4.69) is 9.97 Å². The van der Waals surface area contributed by atoms with Gasteiger partial charge in [-0.25, -0.2) is 24.1 Å². The number of halogens is 1. The van der Waals surface area contributed by atoms with Gasteiger partial charge in [-0.3, -0.25) is 0 Å². The molecule has 0 unspecified atom stereocenters. The summed E-state index contributed by atoms with van der Waals surface area (Å²) in [5, 5.41) is 0. The molecule has 2 heterocycles. The molecule has 8 heteroatoms. The van der Waals surface area contributed by atoms with E-state index < -0.39 is 17.3 Å². The first-order valence-corrected chi connectivity index (χ1v) is 10.3. The zero-order chi connectivity index (χ0) is 23.0. The molecule has 0 atom stereocenters. The summed E-state index contributed by atoms with van der Waals surface area (Å²) in [6.07, 6.45) is 3.30. The van der Waals surface area contributed by atoms with Crippen LogP contribution in [0.25, 0.3) is 33.5 Å². The van der Waals surface area contributed by atoms with E-state index in [0.717, 1.165) is 16.6 Å². The van der Waals surface area contributed by atoms with Gasteiger partial charge in [-0.1, -0.05) is 6.07 Å². The maximum Gasteiger partial charge on any atom is 0.338 e. The highest BCUT2D eigenvalue weighted by molar-refractivity contribution is 5.97. The van der Waals surface area contributed by atoms with Crippen LogP contribution in [0, 0.1) is 5.82 Å². The van der Waals surface area contributed by atoms with Gasteiger partial charge < -0.3 is 15.0 Å². The zero-order valence-electron chi connectivity index (χ0n) is 18.4. The molecular weight excluding hydrogens is 409 g/mol. The van der Waals surface area contributed by atoms with Gasteiger partial charge in [0.25, 0.3) is 0 Å². The lowest BCUT2D eigenvalue weighted by atomic mass is 10.0. The fourth-order valence-corrected chi connectivity index (χ4v) is 3.69. The minimum absolute atomic E-state index is 0.201. The molecule has 4 aromatic rings. The normalized spacial score (nSPS) is 11.7. The number of aromatic nitrogens is 4. The summed E-state index contributed by atoms with van der Waals surface area (Å²) in [5.74, 6) is -0.289. The lowest BCUT2D eigenvalue weighted by molar-refractivity contribution is 0.0527. The molecule has 0 spiro atoms. The molecule has 0 aliphatic rings. The van der Waals surface area contributed by atoms with E-state index in [-0.39, 0.29) is 18.1 Å². The third-order valence-electron chi connectivity index (χ3n) is 5.05. The van der Waals surface area contributed by atoms with Gasteiger partial charge in [0, 0.05) is 29.1 Å². The molecule has 2 aromatic heterocycles. The number of benzene rings is 2. The number of fused-ring (bicyclic) bond motifs is 1. The molecular formula is C24H24FN5O2. The predicted molar refractivity (Wildman–Crippen MR) is 122 cm³/mol. The molecule has 0 fully saturated rings. The van der Waals surface area contributed by atoms with Crippen molar-refractivity contribution in [1.29, 1.82) is 0 Å². The van der Waals surface area contributed by atoms with Crippen LogP contribution in [-0.2, 0) is 10.3 Å². The molecule has 0 aliphatic heterocycles. The number of nitrogens with two attached hydrogens (primary N) is 1. The summed E-state index contributed by atoms with van der Waals surface area (Å²) in [7, 11) is 0. The number of imidazole rings is 1. The average molecular weight is 433 g/mol. The van der Waals surface area contributed by atoms with Crippen LogP contribution in [0.1, 0.15) is 38.1 Å². The Morgan fingerprint density at radius 2 is 1.81 bits per heavy atom. The number of rotatable bonds is 4. The predicted octanol–water partition coefficient (Wildman–Crippen LogP) is 4.81. The molecule has 0 amide bonds. The molecule has 2 aromatic carbocycles. The summed E-state index contributed by atoms with van der Waals surface area (Å²) in [6, 6.07) is 9.82. The van der Waals surface area contributed by atoms with Crippen LogP contribution in [0.15, 0.2) is 48.8 Å². The second kappa shape index (κ2) is 8.03. The highest BCUT2D eigenvalue weighted by atomic mass is 19.1. The quantitative estimate of drug-likeness (QED) is 0.464. The van der Waals surface area contributed by atoms with Crippen LogP contribution in [-0.4, -0.2) is 32.1 Å². The Hall–Kier alpha value is -3.81. The second-order valence-corrected chi connectivity index (χ2v) is 8.39. The standard InChI is InChI=1S/C24H24FN5O2/c1-5-32-22(31)17-8-7-16(25)11-18(17)21-29-19-10-14(15-12-27-23(26)28-13-15)6-9-20(19)30(21)24(2,3)4/h6-13H,5H2,1-4H3,(H2,26,27,28). The number of carbonyl (C=O) groups is 1. The number of anilines is 1. The van der Waals surface area contributed by atoms with Crippen LogP contribution in [0.3, 0.4) is 0 Å². The van der Waals surface area contributed by atoms with Gasteiger partial charge in [0.1, 0.15) is 11.6 Å². The first kappa shape index (κ1) is 21.4. The highest BCUT2D eigenvalue weighted by Crippen LogP contribution is 2.35. The highest BCUT2D eigenvalue weighted by Gasteiger charge is 2.26. The average Bonchev–Trinajstić information content (AvgIpc) is 3.13. The van der Waals surface area contributed by atoms with E-state index in [0.29, 0.717) is 16.9 Å². The third kappa shape index (κ3) is 3.91. The lowest BCUT2D eigenvalue weighted by Gasteiger charge is -2.25. The molecule has 164 valence electrons. The van der Waals surface area contributed by atoms with E-state index in [9.17, 15) is 9.18 Å². The first-order valence-electron chi connectivity index (χ1n) is 10.3. The van der Waals surface area contributed by atoms with Crippen molar-refractivity contribution in [1.82, 2.24) is 19.5 Å². The van der Waals surface area contributed by atoms with Gasteiger partial charge in [0.15, 0.2) is 0 Å². The molecule has 32 heavy (non-hydrogen) atoms. The van der Waals surface area contributed by atoms with Gasteiger partial charge in [-0.15, -0.1) is 0 Å². The Morgan fingerprint density at radius 1 is 1.09 bits per heavy atom. The fourth-order valence-electron chi connectivity index (χ4n) is 3.69. The summed E-state index contributed by atoms with van der Waals surface area (Å²) in [4.78, 5) is 25.5. The maximum absolute atomic E-state index is 14.3. The molecule has 0 saturated heterocycles. The number of nitrogens with zero attached hydrogens (tertiary/aromatic N) is 4. The Morgan fingerprint density at radius 3 is 2.47 bits per heavy atom. The Labute approximate surface area is 185 Å². The number of hydrogen-bond donors (Lipinski definition) is 1. The SMILES string of the molecule is CCOC(=O)c1ccc(F)cc1-c1nc2cc(-c3cnc(N)nc3)ccc2n1C(C)(C)C. The van der Waals surface area contributed by atoms with Crippen LogP contribution in [0.4, 0.5) is 10.3 Å². The topological polar surface area (TPSA) is 95.9 Å². The van der Waals surface area contributed by atoms with Crippen molar-refractivity contribution >= 4 is 23.0 Å². The molecule has 0 saturated carbocycles. The van der Waals surface area contributed by atoms with Gasteiger partial charge in [-0.05, 0) is 63.6 Å². The van der Waals surface area contributed by atoms with E-state index in [1.165, 1.54) is 18.2 Å². The van der Waals surface area contributed by atoms with Crippen LogP contribution < -0.4 is 5.73 Å². The Bertz CT molecular complexity index is 1310. The number of ether oxygens (including phenoxy) is 1. The third-order valence-corrected chi connectivity index (χ3v) is 5.05. The monoisotopic (exact) mass is 433 g/mol. The van der Waals surface area contributed by atoms with Crippen LogP contribution in [0.5, 0.6) is 0 Å². The second-order valence-electron chi connectivity index (χ2n) is 8.39. The van der Waals surface area contributed by atoms with Crippen molar-refractivity contribution in [2.75, 3.05) is 12.3 Å². The zero-order valence-corrected chi connectivity index (χ0v) is 18.4. The molecule has 0 bridgehead atoms. The largest absolute Gasteiger partial charge is 0.462 e. The summed E-state index contributed by atoms with van der Waals surface area (Å²) in [5.41, 5.74) is 9.06. The number of carbonyl (C=O) groups excluding carboxylic acids is 1. The van der Waals surface area contributed by atoms with Crippen molar-refractivity contribution < 1.29 is 13.9 Å². The Kier molecular flexibility index (Phi) is 5.38. The van der Waals surface area contributed by atoms with Crippen molar-refractivity contribution in [3.63, 3.8) is 0 Å². The molecule has 0 aliphatic carbocycles. The molecule has 0 radical (unpaired) electrons. The molecule has 7 nitrogen and oxygen atoms in total. The van der Waals surface area contributed by atoms with E-state index >= 15 is 0 Å². The minimum Gasteiger partial charge on any atom is -0.462 e. The molecule has 2 N–H and O–H groups in total. The van der Waals surface area contributed by atoms with Gasteiger partial charge >= 0.3 is 5.97 Å². The summed E-state index contributed by atoms with van der Waals surface area (Å²) < 4.78 is 21.5. The summed E-state index contributed by atoms with van der Waals surface area (Å²) >= 11 is 0. The van der Waals surface area contributed by atoms with Crippen LogP contribution >= 0.6 is 0 Å².